The van der Waals surface area contributed by atoms with E-state index in [-0.39, 0.29) is 57.1 Å². The minimum absolute atomic E-state index is 0. The van der Waals surface area contributed by atoms with Crippen molar-refractivity contribution in [3.63, 3.8) is 0 Å². The Kier molecular flexibility index (Phi) is 8.94. The maximum Gasteiger partial charge on any atom is 1.00 e. The van der Waals surface area contributed by atoms with E-state index in [0.29, 0.717) is 20.9 Å². The Morgan fingerprint density at radius 2 is 2.10 bits per heavy atom. The van der Waals surface area contributed by atoms with Crippen molar-refractivity contribution in [2.45, 2.75) is 11.6 Å². The van der Waals surface area contributed by atoms with Gasteiger partial charge in [-0.05, 0) is 30.3 Å². The third kappa shape index (κ3) is 7.42. The number of thiocarbonyl (C=S) groups is 1. The molecule has 2 rings (SSSR count). The molecule has 0 aliphatic carbocycles. The Bertz CT molecular complexity index is 684. The second-order valence-corrected chi connectivity index (χ2v) is 8.69. The third-order valence-corrected chi connectivity index (χ3v) is 5.58. The summed E-state index contributed by atoms with van der Waals surface area (Å²) in [4.78, 5) is 7.53. The van der Waals surface area contributed by atoms with Crippen molar-refractivity contribution in [1.29, 1.82) is 0 Å². The molecule has 0 amide bonds. The van der Waals surface area contributed by atoms with Crippen LogP contribution >= 0.6 is 35.7 Å². The van der Waals surface area contributed by atoms with Crippen molar-refractivity contribution in [2.24, 2.45) is 0 Å². The molecule has 0 saturated carbocycles. The number of para-hydroxylation sites is 2. The van der Waals surface area contributed by atoms with E-state index < -0.39 is 10.1 Å². The van der Waals surface area contributed by atoms with Crippen LogP contribution in [-0.2, 0) is 10.1 Å². The summed E-state index contributed by atoms with van der Waals surface area (Å²) in [5.74, 6) is 0.158. The van der Waals surface area contributed by atoms with E-state index >= 15 is 0 Å². The first kappa shape index (κ1) is 20.1. The quantitative estimate of drug-likeness (QED) is 0.246. The van der Waals surface area contributed by atoms with E-state index in [0.717, 1.165) is 11.0 Å². The van der Waals surface area contributed by atoms with E-state index in [1.165, 1.54) is 23.5 Å². The summed E-state index contributed by atoms with van der Waals surface area (Å²) in [5.41, 5.74) is 1.82. The normalized spacial score (nSPS) is 11.3. The van der Waals surface area contributed by atoms with E-state index in [1.54, 1.807) is 0 Å². The summed E-state index contributed by atoms with van der Waals surface area (Å²) in [6, 6.07) is 7.67. The second kappa shape index (κ2) is 9.35. The topological polar surface area (TPSA) is 85.9 Å². The van der Waals surface area contributed by atoms with Crippen LogP contribution in [0, 0.1) is 0 Å². The second-order valence-electron chi connectivity index (χ2n) is 3.87. The molecule has 1 N–H and O–H groups in total. The van der Waals surface area contributed by atoms with Crippen LogP contribution in [-0.4, -0.2) is 38.0 Å². The Labute approximate surface area is 179 Å². The molecule has 0 saturated heterocycles. The molecule has 0 unspecified atom stereocenters. The van der Waals surface area contributed by atoms with Crippen LogP contribution in [0.2, 0.25) is 0 Å². The predicted molar refractivity (Wildman–Crippen MR) is 86.2 cm³/mol. The van der Waals surface area contributed by atoms with Gasteiger partial charge in [0.15, 0.2) is 5.16 Å². The molecule has 2 aromatic rings. The van der Waals surface area contributed by atoms with Gasteiger partial charge in [-0.15, -0.1) is 11.8 Å². The van der Waals surface area contributed by atoms with E-state index in [2.05, 4.69) is 9.97 Å². The molecular formula is C11H11KN2O3S4. The molecule has 5 nitrogen and oxygen atoms in total. The molecular weight excluding hydrogens is 375 g/mol. The summed E-state index contributed by atoms with van der Waals surface area (Å²) in [6.07, 6.45) is 0.303. The standard InChI is InChI=1S/C11H12N2O3S4.K/c14-20(15,16)7-3-6-18-11(17)19-10-12-8-4-1-2-5-9(8)13-10;/h1-2,4-5H,3,6-7H2,(H,12,13)(H,14,15,16);/q;+1/p-1. The fourth-order valence-corrected chi connectivity index (χ4v) is 4.29. The molecule has 1 aromatic carbocycles. The summed E-state index contributed by atoms with van der Waals surface area (Å²) in [6.45, 7) is 0. The molecule has 10 heteroatoms. The van der Waals surface area contributed by atoms with Gasteiger partial charge in [-0.1, -0.05) is 24.4 Å². The van der Waals surface area contributed by atoms with Crippen molar-refractivity contribution in [3.8, 4) is 0 Å². The number of rotatable bonds is 5. The van der Waals surface area contributed by atoms with Crippen LogP contribution < -0.4 is 51.4 Å². The molecule has 0 spiro atoms. The SMILES string of the molecule is O=S(=O)([O-])CCCSC(=S)Sc1nc2ccccc2[nH]1.[K+]. The molecule has 1 aromatic heterocycles. The molecule has 0 bridgehead atoms. The zero-order valence-corrected chi connectivity index (χ0v) is 17.6. The van der Waals surface area contributed by atoms with Gasteiger partial charge in [0.05, 0.1) is 21.2 Å². The average Bonchev–Trinajstić information content (AvgIpc) is 2.75. The first-order valence-electron chi connectivity index (χ1n) is 5.67. The van der Waals surface area contributed by atoms with Crippen LogP contribution in [0.4, 0.5) is 0 Å². The van der Waals surface area contributed by atoms with Gasteiger partial charge < -0.3 is 9.54 Å². The summed E-state index contributed by atoms with van der Waals surface area (Å²) < 4.78 is 32.0. The van der Waals surface area contributed by atoms with Gasteiger partial charge in [-0.25, -0.2) is 13.4 Å². The Morgan fingerprint density at radius 3 is 2.76 bits per heavy atom. The zero-order valence-electron chi connectivity index (χ0n) is 11.2. The first-order valence-corrected chi connectivity index (χ1v) is 9.46. The largest absolute Gasteiger partial charge is 1.00 e. The smallest absolute Gasteiger partial charge is 0.748 e. The van der Waals surface area contributed by atoms with Crippen LogP contribution in [0.15, 0.2) is 29.4 Å². The van der Waals surface area contributed by atoms with Crippen LogP contribution in [0.1, 0.15) is 6.42 Å². The molecule has 0 aliphatic rings. The summed E-state index contributed by atoms with van der Waals surface area (Å²) in [5, 5.41) is 0.708. The van der Waals surface area contributed by atoms with Gasteiger partial charge in [0.2, 0.25) is 0 Å². The summed E-state index contributed by atoms with van der Waals surface area (Å²) in [7, 11) is -4.13. The minimum atomic E-state index is -4.13. The number of aromatic nitrogens is 2. The van der Waals surface area contributed by atoms with Gasteiger partial charge in [0.25, 0.3) is 0 Å². The minimum Gasteiger partial charge on any atom is -0.748 e. The fraction of sp³-hybridized carbons (Fsp3) is 0.273. The summed E-state index contributed by atoms with van der Waals surface area (Å²) >= 11 is 7.87. The molecule has 21 heavy (non-hydrogen) atoms. The van der Waals surface area contributed by atoms with Crippen molar-refractivity contribution in [2.75, 3.05) is 11.5 Å². The number of hydrogen-bond acceptors (Lipinski definition) is 7. The number of thioether (sulfide) groups is 2. The molecule has 0 atom stereocenters. The number of imidazole rings is 1. The van der Waals surface area contributed by atoms with Crippen LogP contribution in [0.25, 0.3) is 11.0 Å². The maximum atomic E-state index is 10.4. The number of benzene rings is 1. The van der Waals surface area contributed by atoms with Gasteiger partial charge in [-0.2, -0.15) is 0 Å². The van der Waals surface area contributed by atoms with E-state index in [9.17, 15) is 13.0 Å². The maximum absolute atomic E-state index is 10.4. The molecule has 0 radical (unpaired) electrons. The molecule has 1 heterocycles. The number of nitrogens with one attached hydrogen (secondary N) is 1. The van der Waals surface area contributed by atoms with Crippen molar-refractivity contribution >= 4 is 60.4 Å². The number of nitrogens with zero attached hydrogens (tertiary/aromatic N) is 1. The molecule has 0 aliphatic heterocycles. The van der Waals surface area contributed by atoms with Gasteiger partial charge in [0.1, 0.15) is 3.53 Å². The van der Waals surface area contributed by atoms with E-state index in [1.807, 2.05) is 24.3 Å². The van der Waals surface area contributed by atoms with Gasteiger partial charge in [-0.3, -0.25) is 0 Å². The number of fused-ring (bicyclic) bond motifs is 1. The average molecular weight is 387 g/mol. The monoisotopic (exact) mass is 386 g/mol. The van der Waals surface area contributed by atoms with Crippen LogP contribution in [0.3, 0.4) is 0 Å². The van der Waals surface area contributed by atoms with Crippen LogP contribution in [0.5, 0.6) is 0 Å². The number of hydrogen-bond donors (Lipinski definition) is 1. The Morgan fingerprint density at radius 1 is 1.38 bits per heavy atom. The number of aromatic amines is 1. The zero-order chi connectivity index (χ0) is 14.6. The van der Waals surface area contributed by atoms with Gasteiger partial charge in [0, 0.05) is 11.5 Å². The fourth-order valence-electron chi connectivity index (χ4n) is 1.48. The molecule has 108 valence electrons. The van der Waals surface area contributed by atoms with Crippen molar-refractivity contribution in [1.82, 2.24) is 9.97 Å². The van der Waals surface area contributed by atoms with Crippen molar-refractivity contribution in [3.05, 3.63) is 24.3 Å². The number of H-pyrrole nitrogens is 1. The third-order valence-electron chi connectivity index (χ3n) is 2.31. The Hall–Kier alpha value is 1.03. The van der Waals surface area contributed by atoms with Crippen molar-refractivity contribution < 1.29 is 64.4 Å². The van der Waals surface area contributed by atoms with E-state index in [4.69, 9.17) is 12.2 Å². The first-order chi connectivity index (χ1) is 9.44. The van der Waals surface area contributed by atoms with Gasteiger partial charge >= 0.3 is 51.4 Å². The molecule has 0 fully saturated rings. The Balaban J connectivity index is 0.00000220. The predicted octanol–water partition coefficient (Wildman–Crippen LogP) is -0.388.